The summed E-state index contributed by atoms with van der Waals surface area (Å²) in [6.07, 6.45) is -9.08. The molecule has 314 valence electrons. The van der Waals surface area contributed by atoms with Crippen molar-refractivity contribution in [2.75, 3.05) is 0 Å². The van der Waals surface area contributed by atoms with Gasteiger partial charge in [0.15, 0.2) is 0 Å². The minimum atomic E-state index is -4.54. The Balaban J connectivity index is 1.34. The number of rotatable bonds is 5. The van der Waals surface area contributed by atoms with Gasteiger partial charge in [-0.3, -0.25) is 4.98 Å². The van der Waals surface area contributed by atoms with E-state index in [4.69, 9.17) is 4.98 Å². The van der Waals surface area contributed by atoms with Crippen LogP contribution in [-0.4, -0.2) is 14.1 Å². The summed E-state index contributed by atoms with van der Waals surface area (Å²) in [6, 6.07) is 45.2. The zero-order valence-electron chi connectivity index (χ0n) is 34.9. The normalized spacial score (nSPS) is 12.2. The maximum Gasteiger partial charge on any atom is 0.416 e. The first-order valence-corrected chi connectivity index (χ1v) is 20.6. The van der Waals surface area contributed by atoms with Crippen LogP contribution in [0, 0.1) is 39.0 Å². The maximum absolute atomic E-state index is 14.1. The molecule has 0 fully saturated rings. The van der Waals surface area contributed by atoms with Crippen LogP contribution in [0.3, 0.4) is 0 Å². The highest BCUT2D eigenvalue weighted by molar-refractivity contribution is 6.13. The van der Waals surface area contributed by atoms with Gasteiger partial charge >= 0.3 is 12.4 Å². The van der Waals surface area contributed by atoms with E-state index >= 15 is 0 Å². The van der Waals surface area contributed by atoms with Gasteiger partial charge in [-0.15, -0.1) is 0 Å². The highest BCUT2D eigenvalue weighted by Crippen LogP contribution is 2.45. The molecule has 0 radical (unpaired) electrons. The van der Waals surface area contributed by atoms with E-state index in [0.29, 0.717) is 61.4 Å². The predicted octanol–water partition coefficient (Wildman–Crippen LogP) is 15.4. The molecular formula is C54H36F6N4. The van der Waals surface area contributed by atoms with Crippen LogP contribution in [0.4, 0.5) is 26.3 Å². The van der Waals surface area contributed by atoms with Gasteiger partial charge in [0.25, 0.3) is 0 Å². The van der Waals surface area contributed by atoms with E-state index in [1.807, 2.05) is 123 Å². The van der Waals surface area contributed by atoms with Crippen molar-refractivity contribution in [2.24, 2.45) is 0 Å². The first-order chi connectivity index (χ1) is 30.5. The van der Waals surface area contributed by atoms with Gasteiger partial charge in [0, 0.05) is 38.5 Å². The molecule has 7 aromatic carbocycles. The second-order valence-corrected chi connectivity index (χ2v) is 16.5. The molecule has 0 aliphatic heterocycles. The number of pyridine rings is 1. The summed E-state index contributed by atoms with van der Waals surface area (Å²) in [7, 11) is 0. The predicted molar refractivity (Wildman–Crippen MR) is 243 cm³/mol. The van der Waals surface area contributed by atoms with Crippen LogP contribution in [0.1, 0.15) is 39.2 Å². The molecule has 0 unspecified atom stereocenters. The van der Waals surface area contributed by atoms with Gasteiger partial charge < -0.3 is 9.13 Å². The van der Waals surface area contributed by atoms with Crippen LogP contribution >= 0.6 is 0 Å². The van der Waals surface area contributed by atoms with E-state index in [-0.39, 0.29) is 0 Å². The highest BCUT2D eigenvalue weighted by Gasteiger charge is 2.32. The zero-order valence-corrected chi connectivity index (χ0v) is 34.9. The number of nitriles is 1. The molecule has 3 aromatic heterocycles. The first-order valence-electron chi connectivity index (χ1n) is 20.6. The number of hydrogen-bond acceptors (Lipinski definition) is 2. The van der Waals surface area contributed by atoms with Crippen molar-refractivity contribution in [1.29, 1.82) is 5.26 Å². The summed E-state index contributed by atoms with van der Waals surface area (Å²) in [5.41, 5.74) is 9.15. The van der Waals surface area contributed by atoms with Gasteiger partial charge in [0.05, 0.1) is 56.2 Å². The van der Waals surface area contributed by atoms with E-state index in [2.05, 4.69) is 15.2 Å². The van der Waals surface area contributed by atoms with Crippen molar-refractivity contribution in [3.63, 3.8) is 0 Å². The molecule has 10 aromatic rings. The van der Waals surface area contributed by atoms with Gasteiger partial charge in [0.1, 0.15) is 0 Å². The fraction of sp³-hybridized carbons (Fsp3) is 0.111. The van der Waals surface area contributed by atoms with Crippen LogP contribution in [0.2, 0.25) is 0 Å². The average Bonchev–Trinajstić information content (AvgIpc) is 3.76. The Morgan fingerprint density at radius 2 is 0.859 bits per heavy atom. The fourth-order valence-corrected chi connectivity index (χ4v) is 9.35. The Hall–Kier alpha value is -7.64. The third-order valence-corrected chi connectivity index (χ3v) is 11.9. The molecule has 0 bridgehead atoms. The Labute approximate surface area is 363 Å². The molecule has 0 saturated carbocycles. The van der Waals surface area contributed by atoms with Crippen molar-refractivity contribution in [3.8, 4) is 50.8 Å². The molecule has 0 atom stereocenters. The van der Waals surface area contributed by atoms with Crippen LogP contribution in [-0.2, 0) is 12.4 Å². The molecule has 0 aliphatic carbocycles. The van der Waals surface area contributed by atoms with Crippen molar-refractivity contribution in [3.05, 3.63) is 185 Å². The summed E-state index contributed by atoms with van der Waals surface area (Å²) >= 11 is 0. The smallest absolute Gasteiger partial charge is 0.308 e. The number of benzene rings is 7. The second kappa shape index (κ2) is 14.7. The van der Waals surface area contributed by atoms with Crippen LogP contribution < -0.4 is 0 Å². The van der Waals surface area contributed by atoms with E-state index in [1.165, 1.54) is 12.1 Å². The van der Waals surface area contributed by atoms with Crippen molar-refractivity contribution in [2.45, 2.75) is 40.0 Å². The fourth-order valence-electron chi connectivity index (χ4n) is 9.35. The molecular weight excluding hydrogens is 819 g/mol. The highest BCUT2D eigenvalue weighted by atomic mass is 19.4. The topological polar surface area (TPSA) is 46.5 Å². The molecule has 0 saturated heterocycles. The lowest BCUT2D eigenvalue weighted by Crippen LogP contribution is -2.06. The average molecular weight is 855 g/mol. The number of hydrogen-bond donors (Lipinski definition) is 0. The SMILES string of the molecule is Cc1cc(-c2ccc3c4ccccc4n(-c4cc(C#N)cc(-n5c6ccccc6c6ccc(-c7cc(C)cc(C(F)(F)F)c7)cc65)c4-c4cc(C)nc(C)c4)c3c2)cc(C(F)(F)F)c1. The molecule has 0 aliphatic rings. The maximum atomic E-state index is 14.1. The number of halogens is 6. The van der Waals surface area contributed by atoms with Gasteiger partial charge in [-0.2, -0.15) is 31.6 Å². The molecule has 0 spiro atoms. The lowest BCUT2D eigenvalue weighted by atomic mass is 9.97. The summed E-state index contributed by atoms with van der Waals surface area (Å²) in [5, 5.41) is 14.4. The van der Waals surface area contributed by atoms with E-state index < -0.39 is 23.5 Å². The summed E-state index contributed by atoms with van der Waals surface area (Å²) in [4.78, 5) is 4.71. The third-order valence-electron chi connectivity index (χ3n) is 11.9. The lowest BCUT2D eigenvalue weighted by Gasteiger charge is -2.21. The van der Waals surface area contributed by atoms with Gasteiger partial charge in [-0.25, -0.2) is 0 Å². The number of aryl methyl sites for hydroxylation is 4. The van der Waals surface area contributed by atoms with E-state index in [0.717, 1.165) is 67.2 Å². The summed E-state index contributed by atoms with van der Waals surface area (Å²) in [6.45, 7) is 7.11. The zero-order chi connectivity index (χ0) is 44.8. The van der Waals surface area contributed by atoms with E-state index in [1.54, 1.807) is 26.0 Å². The molecule has 4 nitrogen and oxygen atoms in total. The molecule has 0 N–H and O–H groups in total. The van der Waals surface area contributed by atoms with Gasteiger partial charge in [0.2, 0.25) is 0 Å². The Morgan fingerprint density at radius 1 is 0.438 bits per heavy atom. The summed E-state index contributed by atoms with van der Waals surface area (Å²) < 4.78 is 88.9. The number of para-hydroxylation sites is 2. The Kier molecular flexibility index (Phi) is 9.31. The minimum absolute atomic E-state index is 0.336. The van der Waals surface area contributed by atoms with Crippen LogP contribution in [0.15, 0.2) is 146 Å². The van der Waals surface area contributed by atoms with Crippen LogP contribution in [0.5, 0.6) is 0 Å². The van der Waals surface area contributed by atoms with E-state index in [9.17, 15) is 31.6 Å². The lowest BCUT2D eigenvalue weighted by molar-refractivity contribution is -0.138. The largest absolute Gasteiger partial charge is 0.416 e. The number of alkyl halides is 6. The molecule has 10 heteroatoms. The first kappa shape index (κ1) is 40.4. The molecule has 64 heavy (non-hydrogen) atoms. The third kappa shape index (κ3) is 6.85. The summed E-state index contributed by atoms with van der Waals surface area (Å²) in [5.74, 6) is 0. The molecule has 3 heterocycles. The Morgan fingerprint density at radius 3 is 1.28 bits per heavy atom. The second-order valence-electron chi connectivity index (χ2n) is 16.5. The number of fused-ring (bicyclic) bond motifs is 6. The van der Waals surface area contributed by atoms with Crippen molar-refractivity contribution in [1.82, 2.24) is 14.1 Å². The monoisotopic (exact) mass is 854 g/mol. The Bertz CT molecular complexity index is 3380. The van der Waals surface area contributed by atoms with Gasteiger partial charge in [-0.05, 0) is 139 Å². The van der Waals surface area contributed by atoms with Gasteiger partial charge in [-0.1, -0.05) is 72.8 Å². The minimum Gasteiger partial charge on any atom is -0.308 e. The van der Waals surface area contributed by atoms with Crippen LogP contribution in [0.25, 0.3) is 88.4 Å². The molecule has 10 rings (SSSR count). The van der Waals surface area contributed by atoms with Crippen molar-refractivity contribution >= 4 is 43.6 Å². The quantitative estimate of drug-likeness (QED) is 0.162. The number of nitrogens with zero attached hydrogens (tertiary/aromatic N) is 4. The van der Waals surface area contributed by atoms with Crippen molar-refractivity contribution < 1.29 is 26.3 Å². The standard InChI is InChI=1S/C54H36F6N4/c1-30-17-37(25-40(19-30)53(55,56)57)35-13-15-44-42-9-5-7-11-46(42)63(48(44)27-35)50-23-34(29-61)24-51(52(50)39-21-32(3)62-33(4)22-39)64-47-12-8-6-10-43(47)45-16-14-36(28-49(45)64)38-18-31(2)20-41(26-38)54(58,59)60/h5-28H,1-4H3. The molecule has 0 amide bonds. The number of aromatic nitrogens is 3.